The molecular weight excluding hydrogens is 321 g/mol. The Hall–Kier alpha value is -1.07. The molecule has 1 aromatic carbocycles. The Kier molecular flexibility index (Phi) is 5.62. The van der Waals surface area contributed by atoms with E-state index in [4.69, 9.17) is 16.7 Å². The summed E-state index contributed by atoms with van der Waals surface area (Å²) in [5.41, 5.74) is 0.337. The zero-order valence-electron chi connectivity index (χ0n) is 9.74. The molecule has 2 N–H and O–H groups in total. The van der Waals surface area contributed by atoms with Gasteiger partial charge < -0.3 is 10.4 Å². The summed E-state index contributed by atoms with van der Waals surface area (Å²) in [6.07, 6.45) is 0.447. The summed E-state index contributed by atoms with van der Waals surface area (Å²) in [5, 5.41) is 11.7. The van der Waals surface area contributed by atoms with Crippen LogP contribution in [-0.2, 0) is 4.79 Å². The number of carboxylic acids is 1. The van der Waals surface area contributed by atoms with Gasteiger partial charge in [0.05, 0.1) is 17.0 Å². The number of amides is 1. The molecule has 0 saturated heterocycles. The summed E-state index contributed by atoms with van der Waals surface area (Å²) in [6, 6.07) is 4.53. The molecule has 1 unspecified atom stereocenters. The molecule has 0 aliphatic heterocycles. The standard InChI is InChI=1S/C12H13BrClNO3/c1-2-8(6-11(16)17)15-12(18)9-4-3-7(13)5-10(9)14/h3-5,8H,2,6H2,1H3,(H,15,18)(H,16,17). The molecule has 0 aromatic heterocycles. The van der Waals surface area contributed by atoms with Crippen LogP contribution < -0.4 is 5.32 Å². The molecule has 18 heavy (non-hydrogen) atoms. The van der Waals surface area contributed by atoms with Gasteiger partial charge in [-0.15, -0.1) is 0 Å². The maximum Gasteiger partial charge on any atom is 0.305 e. The van der Waals surface area contributed by atoms with Crippen LogP contribution in [0.25, 0.3) is 0 Å². The molecule has 1 rings (SSSR count). The Bertz CT molecular complexity index is 465. The topological polar surface area (TPSA) is 66.4 Å². The minimum atomic E-state index is -0.941. The van der Waals surface area contributed by atoms with E-state index in [9.17, 15) is 9.59 Å². The van der Waals surface area contributed by atoms with Crippen LogP contribution in [0.1, 0.15) is 30.1 Å². The highest BCUT2D eigenvalue weighted by Crippen LogP contribution is 2.21. The molecule has 0 bridgehead atoms. The lowest BCUT2D eigenvalue weighted by Gasteiger charge is -2.15. The number of nitrogens with one attached hydrogen (secondary N) is 1. The van der Waals surface area contributed by atoms with Gasteiger partial charge in [0.1, 0.15) is 0 Å². The number of halogens is 2. The Balaban J connectivity index is 2.77. The van der Waals surface area contributed by atoms with E-state index in [1.165, 1.54) is 0 Å². The lowest BCUT2D eigenvalue weighted by molar-refractivity contribution is -0.137. The number of hydrogen-bond donors (Lipinski definition) is 2. The quantitative estimate of drug-likeness (QED) is 0.869. The van der Waals surface area contributed by atoms with E-state index >= 15 is 0 Å². The maximum absolute atomic E-state index is 11.9. The first-order chi connectivity index (χ1) is 8.43. The van der Waals surface area contributed by atoms with Gasteiger partial charge in [-0.25, -0.2) is 0 Å². The lowest BCUT2D eigenvalue weighted by atomic mass is 10.1. The fraction of sp³-hybridized carbons (Fsp3) is 0.333. The van der Waals surface area contributed by atoms with Crippen LogP contribution in [0.5, 0.6) is 0 Å². The molecule has 0 aliphatic rings. The average Bonchev–Trinajstić information content (AvgIpc) is 2.27. The third kappa shape index (κ3) is 4.31. The highest BCUT2D eigenvalue weighted by Gasteiger charge is 2.17. The van der Waals surface area contributed by atoms with Crippen molar-refractivity contribution in [3.63, 3.8) is 0 Å². The van der Waals surface area contributed by atoms with Gasteiger partial charge in [0, 0.05) is 10.5 Å². The van der Waals surface area contributed by atoms with E-state index in [2.05, 4.69) is 21.2 Å². The van der Waals surface area contributed by atoms with Crippen LogP contribution in [0, 0.1) is 0 Å². The summed E-state index contributed by atoms with van der Waals surface area (Å²) in [4.78, 5) is 22.5. The Labute approximate surface area is 118 Å². The molecule has 98 valence electrons. The van der Waals surface area contributed by atoms with Crippen molar-refractivity contribution in [1.29, 1.82) is 0 Å². The molecule has 0 fully saturated rings. The van der Waals surface area contributed by atoms with Crippen molar-refractivity contribution in [2.45, 2.75) is 25.8 Å². The van der Waals surface area contributed by atoms with Gasteiger partial charge in [-0.1, -0.05) is 34.5 Å². The fourth-order valence-electron chi connectivity index (χ4n) is 1.44. The molecule has 0 spiro atoms. The minimum absolute atomic E-state index is 0.101. The third-order valence-electron chi connectivity index (χ3n) is 2.42. The summed E-state index contributed by atoms with van der Waals surface area (Å²) < 4.78 is 0.779. The molecule has 1 aromatic rings. The first-order valence-electron chi connectivity index (χ1n) is 5.41. The van der Waals surface area contributed by atoms with Crippen molar-refractivity contribution in [3.8, 4) is 0 Å². The Morgan fingerprint density at radius 3 is 2.67 bits per heavy atom. The molecule has 4 nitrogen and oxygen atoms in total. The highest BCUT2D eigenvalue weighted by molar-refractivity contribution is 9.10. The van der Waals surface area contributed by atoms with Crippen LogP contribution in [-0.4, -0.2) is 23.0 Å². The van der Waals surface area contributed by atoms with E-state index < -0.39 is 12.0 Å². The molecule has 0 aliphatic carbocycles. The fourth-order valence-corrected chi connectivity index (χ4v) is 2.20. The van der Waals surface area contributed by atoms with Crippen molar-refractivity contribution in [2.75, 3.05) is 0 Å². The van der Waals surface area contributed by atoms with Crippen molar-refractivity contribution in [2.24, 2.45) is 0 Å². The van der Waals surface area contributed by atoms with Crippen LogP contribution in [0.2, 0.25) is 5.02 Å². The number of benzene rings is 1. The van der Waals surface area contributed by atoms with Gasteiger partial charge in [0.25, 0.3) is 5.91 Å². The second-order valence-corrected chi connectivity index (χ2v) is 5.12. The van der Waals surface area contributed by atoms with Gasteiger partial charge in [-0.3, -0.25) is 9.59 Å². The van der Waals surface area contributed by atoms with Crippen LogP contribution in [0.3, 0.4) is 0 Å². The Morgan fingerprint density at radius 1 is 1.50 bits per heavy atom. The third-order valence-corrected chi connectivity index (χ3v) is 3.23. The lowest BCUT2D eigenvalue weighted by Crippen LogP contribution is -2.36. The summed E-state index contributed by atoms with van der Waals surface area (Å²) in [7, 11) is 0. The molecule has 6 heteroatoms. The SMILES string of the molecule is CCC(CC(=O)O)NC(=O)c1ccc(Br)cc1Cl. The van der Waals surface area contributed by atoms with E-state index in [0.29, 0.717) is 17.0 Å². The molecule has 1 amide bonds. The summed E-state index contributed by atoms with van der Waals surface area (Å²) in [6.45, 7) is 1.82. The first-order valence-corrected chi connectivity index (χ1v) is 6.58. The molecular formula is C12H13BrClNO3. The summed E-state index contributed by atoms with van der Waals surface area (Å²) in [5.74, 6) is -1.30. The van der Waals surface area contributed by atoms with Crippen molar-refractivity contribution >= 4 is 39.4 Å². The van der Waals surface area contributed by atoms with Crippen LogP contribution in [0.4, 0.5) is 0 Å². The number of hydrogen-bond acceptors (Lipinski definition) is 2. The van der Waals surface area contributed by atoms with Crippen molar-refractivity contribution < 1.29 is 14.7 Å². The van der Waals surface area contributed by atoms with Gasteiger partial charge in [0.2, 0.25) is 0 Å². The Morgan fingerprint density at radius 2 is 2.17 bits per heavy atom. The number of carboxylic acid groups (broad SMARTS) is 1. The second kappa shape index (κ2) is 6.75. The maximum atomic E-state index is 11.9. The van der Waals surface area contributed by atoms with Crippen LogP contribution >= 0.6 is 27.5 Å². The molecule has 0 saturated carbocycles. The van der Waals surface area contributed by atoms with Crippen LogP contribution in [0.15, 0.2) is 22.7 Å². The molecule has 1 atom stereocenters. The number of rotatable bonds is 5. The average molecular weight is 335 g/mol. The predicted octanol–water partition coefficient (Wildman–Crippen LogP) is 3.09. The number of aliphatic carboxylic acids is 1. The van der Waals surface area contributed by atoms with Gasteiger partial charge in [0.15, 0.2) is 0 Å². The zero-order valence-corrected chi connectivity index (χ0v) is 12.1. The second-order valence-electron chi connectivity index (χ2n) is 3.80. The predicted molar refractivity (Wildman–Crippen MR) is 73.0 cm³/mol. The van der Waals surface area contributed by atoms with E-state index in [1.54, 1.807) is 18.2 Å². The van der Waals surface area contributed by atoms with E-state index in [0.717, 1.165) is 4.47 Å². The highest BCUT2D eigenvalue weighted by atomic mass is 79.9. The van der Waals surface area contributed by atoms with Gasteiger partial charge in [-0.05, 0) is 24.6 Å². The normalized spacial score (nSPS) is 11.9. The first kappa shape index (κ1) is 15.0. The number of carbonyl (C=O) groups is 2. The van der Waals surface area contributed by atoms with Crippen molar-refractivity contribution in [1.82, 2.24) is 5.32 Å². The largest absolute Gasteiger partial charge is 0.481 e. The van der Waals surface area contributed by atoms with E-state index in [-0.39, 0.29) is 12.3 Å². The zero-order chi connectivity index (χ0) is 13.7. The minimum Gasteiger partial charge on any atom is -0.481 e. The van der Waals surface area contributed by atoms with Gasteiger partial charge >= 0.3 is 5.97 Å². The summed E-state index contributed by atoms with van der Waals surface area (Å²) >= 11 is 9.20. The van der Waals surface area contributed by atoms with E-state index in [1.807, 2.05) is 6.92 Å². The smallest absolute Gasteiger partial charge is 0.305 e. The number of carbonyl (C=O) groups excluding carboxylic acids is 1. The monoisotopic (exact) mass is 333 g/mol. The van der Waals surface area contributed by atoms with Gasteiger partial charge in [-0.2, -0.15) is 0 Å². The molecule has 0 radical (unpaired) electrons. The molecule has 0 heterocycles. The van der Waals surface area contributed by atoms with Crippen molar-refractivity contribution in [3.05, 3.63) is 33.3 Å².